The predicted molar refractivity (Wildman–Crippen MR) is 100 cm³/mol. The number of hydrogen-bond acceptors (Lipinski definition) is 4. The first kappa shape index (κ1) is 19.6. The lowest BCUT2D eigenvalue weighted by Gasteiger charge is -2.25. The molecule has 4 nitrogen and oxygen atoms in total. The summed E-state index contributed by atoms with van der Waals surface area (Å²) in [5.41, 5.74) is 1.14. The van der Waals surface area contributed by atoms with Crippen LogP contribution in [0.3, 0.4) is 0 Å². The first-order chi connectivity index (χ1) is 13.0. The van der Waals surface area contributed by atoms with Gasteiger partial charge < -0.3 is 9.84 Å². The summed E-state index contributed by atoms with van der Waals surface area (Å²) >= 11 is 1.65. The van der Waals surface area contributed by atoms with Gasteiger partial charge in [-0.3, -0.25) is 4.79 Å². The second-order valence-corrected chi connectivity index (χ2v) is 7.78. The number of halogens is 2. The summed E-state index contributed by atoms with van der Waals surface area (Å²) in [6, 6.07) is 6.09. The maximum Gasteiger partial charge on any atom is 0.303 e. The van der Waals surface area contributed by atoms with Crippen molar-refractivity contribution in [1.82, 2.24) is 4.98 Å². The molecule has 0 saturated heterocycles. The van der Waals surface area contributed by atoms with Crippen molar-refractivity contribution >= 4 is 17.7 Å². The Bertz CT molecular complexity index is 789. The van der Waals surface area contributed by atoms with E-state index in [0.717, 1.165) is 17.9 Å². The summed E-state index contributed by atoms with van der Waals surface area (Å²) in [7, 11) is 0. The van der Waals surface area contributed by atoms with Crippen molar-refractivity contribution < 1.29 is 23.4 Å². The topological polar surface area (TPSA) is 59.4 Å². The molecular weight excluding hydrogens is 372 g/mol. The molecule has 0 amide bonds. The Morgan fingerprint density at radius 2 is 2.00 bits per heavy atom. The molecule has 1 saturated carbocycles. The summed E-state index contributed by atoms with van der Waals surface area (Å²) in [5.74, 6) is -2.87. The first-order valence-corrected chi connectivity index (χ1v) is 9.88. The minimum atomic E-state index is -0.899. The van der Waals surface area contributed by atoms with Crippen LogP contribution in [0.1, 0.15) is 38.5 Å². The van der Waals surface area contributed by atoms with Gasteiger partial charge in [-0.05, 0) is 49.4 Å². The zero-order valence-electron chi connectivity index (χ0n) is 14.8. The Morgan fingerprint density at radius 1 is 1.26 bits per heavy atom. The van der Waals surface area contributed by atoms with E-state index in [4.69, 9.17) is 9.84 Å². The van der Waals surface area contributed by atoms with Crippen LogP contribution in [-0.2, 0) is 4.79 Å². The van der Waals surface area contributed by atoms with Crippen molar-refractivity contribution in [2.75, 3.05) is 6.61 Å². The molecule has 3 rings (SSSR count). The molecule has 1 aliphatic carbocycles. The average Bonchev–Trinajstić information content (AvgIpc) is 2.60. The fourth-order valence-corrected chi connectivity index (χ4v) is 4.08. The van der Waals surface area contributed by atoms with Crippen LogP contribution in [0.2, 0.25) is 0 Å². The van der Waals surface area contributed by atoms with Crippen LogP contribution < -0.4 is 4.74 Å². The van der Waals surface area contributed by atoms with Gasteiger partial charge in [0, 0.05) is 23.4 Å². The number of aromatic nitrogens is 1. The van der Waals surface area contributed by atoms with E-state index >= 15 is 0 Å². The summed E-state index contributed by atoms with van der Waals surface area (Å²) in [6.45, 7) is 0.0656. The van der Waals surface area contributed by atoms with E-state index in [1.54, 1.807) is 24.0 Å². The number of benzene rings is 1. The number of rotatable bonds is 9. The van der Waals surface area contributed by atoms with Crippen LogP contribution in [0.5, 0.6) is 5.75 Å². The Morgan fingerprint density at radius 3 is 2.63 bits per heavy atom. The highest BCUT2D eigenvalue weighted by Crippen LogP contribution is 2.40. The van der Waals surface area contributed by atoms with Crippen LogP contribution in [0.25, 0.3) is 11.1 Å². The molecule has 0 atom stereocenters. The van der Waals surface area contributed by atoms with Gasteiger partial charge in [0.15, 0.2) is 17.4 Å². The highest BCUT2D eigenvalue weighted by molar-refractivity contribution is 8.00. The van der Waals surface area contributed by atoms with Crippen molar-refractivity contribution in [3.63, 3.8) is 0 Å². The molecule has 2 aromatic rings. The van der Waals surface area contributed by atoms with Gasteiger partial charge in [-0.1, -0.05) is 12.5 Å². The smallest absolute Gasteiger partial charge is 0.303 e. The second-order valence-electron chi connectivity index (χ2n) is 6.50. The van der Waals surface area contributed by atoms with Gasteiger partial charge in [0.05, 0.1) is 6.61 Å². The van der Waals surface area contributed by atoms with Gasteiger partial charge in [-0.25, -0.2) is 13.8 Å². The zero-order chi connectivity index (χ0) is 19.2. The van der Waals surface area contributed by atoms with Gasteiger partial charge >= 0.3 is 5.97 Å². The van der Waals surface area contributed by atoms with Gasteiger partial charge in [0.25, 0.3) is 0 Å². The fraction of sp³-hybridized carbons (Fsp3) is 0.400. The molecule has 1 aromatic heterocycles. The van der Waals surface area contributed by atoms with E-state index in [1.807, 2.05) is 6.07 Å². The lowest BCUT2D eigenvalue weighted by atomic mass is 10.00. The van der Waals surface area contributed by atoms with Crippen molar-refractivity contribution in [2.45, 2.75) is 48.8 Å². The Kier molecular flexibility index (Phi) is 6.66. The molecule has 0 radical (unpaired) electrons. The van der Waals surface area contributed by atoms with Crippen LogP contribution in [0, 0.1) is 11.6 Å². The molecule has 144 valence electrons. The quantitative estimate of drug-likeness (QED) is 0.586. The van der Waals surface area contributed by atoms with E-state index in [1.165, 1.54) is 18.6 Å². The van der Waals surface area contributed by atoms with Gasteiger partial charge in [-0.2, -0.15) is 0 Å². The first-order valence-electron chi connectivity index (χ1n) is 9.00. The Labute approximate surface area is 161 Å². The van der Waals surface area contributed by atoms with E-state index in [0.29, 0.717) is 29.2 Å². The van der Waals surface area contributed by atoms with Crippen molar-refractivity contribution in [3.05, 3.63) is 42.1 Å². The summed E-state index contributed by atoms with van der Waals surface area (Å²) in [6.07, 6.45) is 5.99. The SMILES string of the molecule is O=C(O)CCCCOc1c(F)cc(-c2cccnc2SC2CCC2)cc1F. The highest BCUT2D eigenvalue weighted by atomic mass is 32.2. The highest BCUT2D eigenvalue weighted by Gasteiger charge is 2.22. The fourth-order valence-electron chi connectivity index (χ4n) is 2.76. The molecule has 1 N–H and O–H groups in total. The number of hydrogen-bond donors (Lipinski definition) is 1. The molecule has 1 aromatic carbocycles. The number of ether oxygens (including phenoxy) is 1. The third kappa shape index (κ3) is 5.19. The number of aliphatic carboxylic acids is 1. The number of carboxylic acids is 1. The molecule has 7 heteroatoms. The summed E-state index contributed by atoms with van der Waals surface area (Å²) < 4.78 is 34.0. The molecule has 0 spiro atoms. The monoisotopic (exact) mass is 393 g/mol. The molecule has 0 aliphatic heterocycles. The van der Waals surface area contributed by atoms with Crippen LogP contribution in [0.4, 0.5) is 8.78 Å². The molecule has 27 heavy (non-hydrogen) atoms. The maximum absolute atomic E-state index is 14.4. The molecule has 1 fully saturated rings. The van der Waals surface area contributed by atoms with E-state index in [2.05, 4.69) is 4.98 Å². The van der Waals surface area contributed by atoms with Crippen LogP contribution >= 0.6 is 11.8 Å². The van der Waals surface area contributed by atoms with E-state index in [9.17, 15) is 13.6 Å². The summed E-state index contributed by atoms with van der Waals surface area (Å²) in [4.78, 5) is 14.8. The van der Waals surface area contributed by atoms with Crippen molar-refractivity contribution in [2.24, 2.45) is 0 Å². The standard InChI is InChI=1S/C20H21F2NO3S/c21-16-11-13(12-17(22)19(16)26-10-2-1-8-18(24)25)15-7-4-9-23-20(15)27-14-5-3-6-14/h4,7,9,11-12,14H,1-3,5-6,8,10H2,(H,24,25). The predicted octanol–water partition coefficient (Wildman–Crippen LogP) is 5.31. The number of nitrogens with zero attached hydrogens (tertiary/aromatic N) is 1. The largest absolute Gasteiger partial charge is 0.488 e. The van der Waals surface area contributed by atoms with Crippen LogP contribution in [-0.4, -0.2) is 27.9 Å². The van der Waals surface area contributed by atoms with Crippen molar-refractivity contribution in [3.8, 4) is 16.9 Å². The van der Waals surface area contributed by atoms with Crippen molar-refractivity contribution in [1.29, 1.82) is 0 Å². The lowest BCUT2D eigenvalue weighted by molar-refractivity contribution is -0.137. The molecule has 0 bridgehead atoms. The average molecular weight is 393 g/mol. The van der Waals surface area contributed by atoms with Gasteiger partial charge in [-0.15, -0.1) is 11.8 Å². The number of pyridine rings is 1. The number of carboxylic acid groups (broad SMARTS) is 1. The molecule has 1 heterocycles. The minimum absolute atomic E-state index is 0.00963. The molecule has 0 unspecified atom stereocenters. The summed E-state index contributed by atoms with van der Waals surface area (Å²) in [5, 5.41) is 9.88. The molecule has 1 aliphatic rings. The maximum atomic E-state index is 14.4. The zero-order valence-corrected chi connectivity index (χ0v) is 15.6. The van der Waals surface area contributed by atoms with E-state index < -0.39 is 23.4 Å². The number of unbranched alkanes of at least 4 members (excludes halogenated alkanes) is 1. The van der Waals surface area contributed by atoms with Crippen LogP contribution in [0.15, 0.2) is 35.5 Å². The molecular formula is C20H21F2NO3S. The lowest BCUT2D eigenvalue weighted by Crippen LogP contribution is -2.13. The number of carbonyl (C=O) groups is 1. The third-order valence-corrected chi connectivity index (χ3v) is 5.80. The van der Waals surface area contributed by atoms with Gasteiger partial charge in [0.2, 0.25) is 0 Å². The Balaban J connectivity index is 1.72. The Hall–Kier alpha value is -2.15. The second kappa shape index (κ2) is 9.17. The van der Waals surface area contributed by atoms with Gasteiger partial charge in [0.1, 0.15) is 5.03 Å². The number of thioether (sulfide) groups is 1. The third-order valence-electron chi connectivity index (χ3n) is 4.44. The minimum Gasteiger partial charge on any atom is -0.488 e. The normalized spacial score (nSPS) is 14.0. The van der Waals surface area contributed by atoms with E-state index in [-0.39, 0.29) is 13.0 Å².